The molecule has 1 aromatic heterocycles. The topological polar surface area (TPSA) is 46.9 Å². The Morgan fingerprint density at radius 3 is 2.92 bits per heavy atom. The minimum Gasteiger partial charge on any atom is -0.312 e. The summed E-state index contributed by atoms with van der Waals surface area (Å²) in [6, 6.07) is 0. The Kier molecular flexibility index (Phi) is 3.09. The van der Waals surface area contributed by atoms with E-state index in [1.807, 2.05) is 6.92 Å². The predicted molar refractivity (Wildman–Crippen MR) is 53.3 cm³/mol. The second-order valence-electron chi connectivity index (χ2n) is 2.48. The van der Waals surface area contributed by atoms with E-state index in [-0.39, 0.29) is 5.91 Å². The maximum absolute atomic E-state index is 11.0. The molecule has 0 saturated heterocycles. The van der Waals surface area contributed by atoms with Crippen LogP contribution in [0.1, 0.15) is 5.69 Å². The summed E-state index contributed by atoms with van der Waals surface area (Å²) < 4.78 is 1.63. The highest BCUT2D eigenvalue weighted by Crippen LogP contribution is 2.10. The minimum absolute atomic E-state index is 0.354. The van der Waals surface area contributed by atoms with Crippen LogP contribution in [0.5, 0.6) is 0 Å². The van der Waals surface area contributed by atoms with Gasteiger partial charge in [0, 0.05) is 35.1 Å². The summed E-state index contributed by atoms with van der Waals surface area (Å²) >= 11 is 2.84. The maximum atomic E-state index is 11.0. The molecular weight excluding hydrogens is 234 g/mol. The molecule has 0 saturated carbocycles. The molecule has 0 spiro atoms. The van der Waals surface area contributed by atoms with Crippen molar-refractivity contribution in [3.05, 3.63) is 11.9 Å². The van der Waals surface area contributed by atoms with E-state index in [4.69, 9.17) is 0 Å². The first kappa shape index (κ1) is 9.81. The summed E-state index contributed by atoms with van der Waals surface area (Å²) in [4.78, 5) is 13.4. The minimum atomic E-state index is -0.354. The first-order chi connectivity index (χ1) is 6.13. The van der Waals surface area contributed by atoms with E-state index >= 15 is 0 Å². The molecule has 68 valence electrons. The fraction of sp³-hybridized carbons (Fsp3) is 0.250. The SMILES string of the molecule is Cc1nn(C)cc1NC(=O)C#CBr. The van der Waals surface area contributed by atoms with Gasteiger partial charge in [0.1, 0.15) is 0 Å². The highest BCUT2D eigenvalue weighted by molar-refractivity contribution is 9.12. The molecule has 1 rings (SSSR count). The number of anilines is 1. The summed E-state index contributed by atoms with van der Waals surface area (Å²) in [6.45, 7) is 1.82. The number of nitrogens with zero attached hydrogens (tertiary/aromatic N) is 2. The number of aryl methyl sites for hydroxylation is 2. The number of carbonyl (C=O) groups is 1. The first-order valence-electron chi connectivity index (χ1n) is 3.56. The van der Waals surface area contributed by atoms with Crippen LogP contribution in [0.25, 0.3) is 0 Å². The molecule has 13 heavy (non-hydrogen) atoms. The molecule has 0 fully saturated rings. The number of hydrogen-bond acceptors (Lipinski definition) is 2. The third kappa shape index (κ3) is 2.60. The third-order valence-electron chi connectivity index (χ3n) is 1.42. The summed E-state index contributed by atoms with van der Waals surface area (Å²) in [6.07, 6.45) is 1.73. The normalized spacial score (nSPS) is 8.85. The van der Waals surface area contributed by atoms with Gasteiger partial charge in [-0.3, -0.25) is 9.48 Å². The lowest BCUT2D eigenvalue weighted by molar-refractivity contribution is -0.111. The number of nitrogens with one attached hydrogen (secondary N) is 1. The highest BCUT2D eigenvalue weighted by Gasteiger charge is 2.04. The van der Waals surface area contributed by atoms with Crippen molar-refractivity contribution >= 4 is 27.5 Å². The van der Waals surface area contributed by atoms with Gasteiger partial charge in [0.2, 0.25) is 0 Å². The van der Waals surface area contributed by atoms with Crippen molar-refractivity contribution in [2.75, 3.05) is 5.32 Å². The Hall–Kier alpha value is -1.28. The van der Waals surface area contributed by atoms with Crippen LogP contribution in [-0.4, -0.2) is 15.7 Å². The van der Waals surface area contributed by atoms with E-state index in [0.717, 1.165) is 5.69 Å². The Bertz CT molecular complexity index is 386. The molecule has 0 atom stereocenters. The standard InChI is InChI=1S/C8H8BrN3O/c1-6-7(5-12(2)11-6)10-8(13)3-4-9/h5H,1-2H3,(H,10,13). The highest BCUT2D eigenvalue weighted by atomic mass is 79.9. The maximum Gasteiger partial charge on any atom is 0.301 e. The van der Waals surface area contributed by atoms with Gasteiger partial charge in [-0.05, 0) is 11.8 Å². The molecule has 0 radical (unpaired) electrons. The van der Waals surface area contributed by atoms with Crippen LogP contribution in [0.2, 0.25) is 0 Å². The van der Waals surface area contributed by atoms with Crippen molar-refractivity contribution in [3.63, 3.8) is 0 Å². The lowest BCUT2D eigenvalue weighted by Gasteiger charge is -1.95. The van der Waals surface area contributed by atoms with Gasteiger partial charge in [-0.1, -0.05) is 0 Å². The van der Waals surface area contributed by atoms with E-state index in [0.29, 0.717) is 5.69 Å². The molecule has 0 aliphatic heterocycles. The number of amides is 1. The summed E-state index contributed by atoms with van der Waals surface area (Å²) in [5.74, 6) is 1.96. The van der Waals surface area contributed by atoms with Gasteiger partial charge in [-0.25, -0.2) is 0 Å². The molecule has 0 unspecified atom stereocenters. The van der Waals surface area contributed by atoms with Crippen LogP contribution in [0.15, 0.2) is 6.20 Å². The average Bonchev–Trinajstić information content (AvgIpc) is 2.30. The van der Waals surface area contributed by atoms with Gasteiger partial charge in [-0.15, -0.1) is 0 Å². The number of hydrogen-bond donors (Lipinski definition) is 1. The zero-order chi connectivity index (χ0) is 9.84. The number of rotatable bonds is 1. The number of halogens is 1. The molecule has 4 nitrogen and oxygen atoms in total. The fourth-order valence-electron chi connectivity index (χ4n) is 0.919. The van der Waals surface area contributed by atoms with Crippen molar-refractivity contribution in [2.45, 2.75) is 6.92 Å². The van der Waals surface area contributed by atoms with Crippen LogP contribution in [0.4, 0.5) is 5.69 Å². The van der Waals surface area contributed by atoms with Gasteiger partial charge in [0.25, 0.3) is 0 Å². The quantitative estimate of drug-likeness (QED) is 0.747. The molecule has 0 aliphatic rings. The molecule has 0 bridgehead atoms. The van der Waals surface area contributed by atoms with Gasteiger partial charge < -0.3 is 5.32 Å². The molecule has 1 aromatic rings. The summed E-state index contributed by atoms with van der Waals surface area (Å²) in [5, 5.41) is 6.67. The largest absolute Gasteiger partial charge is 0.312 e. The van der Waals surface area contributed by atoms with E-state index in [1.54, 1.807) is 17.9 Å². The van der Waals surface area contributed by atoms with Crippen molar-refractivity contribution in [2.24, 2.45) is 7.05 Å². The lowest BCUT2D eigenvalue weighted by atomic mass is 10.4. The van der Waals surface area contributed by atoms with Crippen LogP contribution in [-0.2, 0) is 11.8 Å². The van der Waals surface area contributed by atoms with E-state index in [2.05, 4.69) is 37.1 Å². The smallest absolute Gasteiger partial charge is 0.301 e. The average molecular weight is 242 g/mol. The van der Waals surface area contributed by atoms with Crippen LogP contribution < -0.4 is 5.32 Å². The second kappa shape index (κ2) is 4.10. The molecule has 5 heteroatoms. The Morgan fingerprint density at radius 1 is 1.77 bits per heavy atom. The third-order valence-corrected chi connectivity index (χ3v) is 1.62. The zero-order valence-corrected chi connectivity index (χ0v) is 8.84. The molecule has 1 N–H and O–H groups in total. The molecular formula is C8H8BrN3O. The van der Waals surface area contributed by atoms with Crippen molar-refractivity contribution < 1.29 is 4.79 Å². The molecule has 0 aromatic carbocycles. The fourth-order valence-corrected chi connectivity index (χ4v) is 1.10. The monoisotopic (exact) mass is 241 g/mol. The summed E-state index contributed by atoms with van der Waals surface area (Å²) in [7, 11) is 1.79. The second-order valence-corrected chi connectivity index (χ2v) is 2.87. The Morgan fingerprint density at radius 2 is 2.46 bits per heavy atom. The lowest BCUT2D eigenvalue weighted by Crippen LogP contribution is -2.08. The van der Waals surface area contributed by atoms with Crippen molar-refractivity contribution in [1.82, 2.24) is 9.78 Å². The van der Waals surface area contributed by atoms with Crippen molar-refractivity contribution in [3.8, 4) is 10.8 Å². The van der Waals surface area contributed by atoms with Crippen molar-refractivity contribution in [1.29, 1.82) is 0 Å². The van der Waals surface area contributed by atoms with Gasteiger partial charge in [-0.2, -0.15) is 5.10 Å². The number of carbonyl (C=O) groups excluding carboxylic acids is 1. The molecule has 0 aliphatic carbocycles. The van der Waals surface area contributed by atoms with E-state index in [1.165, 1.54) is 0 Å². The predicted octanol–water partition coefficient (Wildman–Crippen LogP) is 1.02. The van der Waals surface area contributed by atoms with Crippen LogP contribution in [0, 0.1) is 17.7 Å². The van der Waals surface area contributed by atoms with Gasteiger partial charge in [0.05, 0.1) is 11.4 Å². The summed E-state index contributed by atoms with van der Waals surface area (Å²) in [5.41, 5.74) is 1.45. The Labute approximate surface area is 84.4 Å². The van der Waals surface area contributed by atoms with E-state index < -0.39 is 0 Å². The van der Waals surface area contributed by atoms with Gasteiger partial charge in [0.15, 0.2) is 0 Å². The zero-order valence-electron chi connectivity index (χ0n) is 7.26. The van der Waals surface area contributed by atoms with Crippen LogP contribution in [0.3, 0.4) is 0 Å². The Balaban J connectivity index is 2.78. The first-order valence-corrected chi connectivity index (χ1v) is 4.35. The van der Waals surface area contributed by atoms with E-state index in [9.17, 15) is 4.79 Å². The molecule has 1 amide bonds. The number of aromatic nitrogens is 2. The van der Waals surface area contributed by atoms with Crippen LogP contribution >= 0.6 is 15.9 Å². The van der Waals surface area contributed by atoms with Gasteiger partial charge >= 0.3 is 5.91 Å². The molecule has 1 heterocycles.